The van der Waals surface area contributed by atoms with E-state index in [1.54, 1.807) is 48.8 Å². The molecule has 0 saturated heterocycles. The van der Waals surface area contributed by atoms with Gasteiger partial charge in [0.2, 0.25) is 5.95 Å². The summed E-state index contributed by atoms with van der Waals surface area (Å²) in [5.74, 6) is 0.486. The molecule has 4 rings (SSSR count). The number of hydrogen-bond acceptors (Lipinski definition) is 5. The normalized spacial score (nSPS) is 10.6. The van der Waals surface area contributed by atoms with Crippen molar-refractivity contribution < 1.29 is 4.79 Å². The van der Waals surface area contributed by atoms with Gasteiger partial charge in [-0.05, 0) is 35.9 Å². The van der Waals surface area contributed by atoms with Crippen molar-refractivity contribution in [1.82, 2.24) is 19.7 Å². The first kappa shape index (κ1) is 17.9. The first-order chi connectivity index (χ1) is 13.7. The van der Waals surface area contributed by atoms with E-state index in [0.717, 1.165) is 11.1 Å². The van der Waals surface area contributed by atoms with Gasteiger partial charge < -0.3 is 5.32 Å². The second-order valence-electron chi connectivity index (χ2n) is 6.06. The topological polar surface area (TPSA) is 72.7 Å². The molecule has 0 amide bonds. The van der Waals surface area contributed by atoms with Gasteiger partial charge in [0.15, 0.2) is 5.82 Å². The molecule has 28 heavy (non-hydrogen) atoms. The number of carbonyl (C=O) groups is 1. The monoisotopic (exact) mass is 389 g/mol. The van der Waals surface area contributed by atoms with Crippen LogP contribution >= 0.6 is 11.6 Å². The molecule has 2 aromatic carbocycles. The number of halogens is 1. The lowest BCUT2D eigenvalue weighted by molar-refractivity contribution is 0.0947. The van der Waals surface area contributed by atoms with Crippen LogP contribution in [0.3, 0.4) is 0 Å². The standard InChI is InChI=1S/C21H16ClN5O/c22-18-8-4-7-17(13-18)20(28)27-21(24-14-15-5-2-1-3-6-15)25-19(26-27)16-9-11-23-12-10-16/h1-13H,14H2,(H,24,25,26). The Morgan fingerprint density at radius 3 is 2.54 bits per heavy atom. The van der Waals surface area contributed by atoms with Gasteiger partial charge in [0.05, 0.1) is 0 Å². The number of anilines is 1. The van der Waals surface area contributed by atoms with Crippen molar-refractivity contribution in [3.8, 4) is 11.4 Å². The third-order valence-corrected chi connectivity index (χ3v) is 4.34. The second-order valence-corrected chi connectivity index (χ2v) is 6.50. The highest BCUT2D eigenvalue weighted by atomic mass is 35.5. The molecule has 1 N–H and O–H groups in total. The van der Waals surface area contributed by atoms with E-state index < -0.39 is 0 Å². The third-order valence-electron chi connectivity index (χ3n) is 4.10. The fourth-order valence-corrected chi connectivity index (χ4v) is 2.90. The first-order valence-electron chi connectivity index (χ1n) is 8.66. The largest absolute Gasteiger partial charge is 0.350 e. The quantitative estimate of drug-likeness (QED) is 0.551. The molecule has 0 fully saturated rings. The minimum absolute atomic E-state index is 0.314. The van der Waals surface area contributed by atoms with Crippen LogP contribution in [0.1, 0.15) is 15.9 Å². The van der Waals surface area contributed by atoms with E-state index in [0.29, 0.717) is 28.9 Å². The minimum Gasteiger partial charge on any atom is -0.350 e. The molecular formula is C21H16ClN5O. The SMILES string of the molecule is O=C(c1cccc(Cl)c1)n1nc(-c2ccncc2)nc1NCc1ccccc1. The molecule has 0 bridgehead atoms. The maximum atomic E-state index is 13.0. The van der Waals surface area contributed by atoms with Crippen LogP contribution in [0, 0.1) is 0 Å². The highest BCUT2D eigenvalue weighted by Gasteiger charge is 2.19. The number of carbonyl (C=O) groups excluding carboxylic acids is 1. The van der Waals surface area contributed by atoms with Crippen LogP contribution in [0.25, 0.3) is 11.4 Å². The van der Waals surface area contributed by atoms with E-state index >= 15 is 0 Å². The number of rotatable bonds is 5. The predicted octanol–water partition coefficient (Wildman–Crippen LogP) is 4.29. The van der Waals surface area contributed by atoms with Crippen molar-refractivity contribution in [2.75, 3.05) is 5.32 Å². The minimum atomic E-state index is -0.314. The molecule has 0 atom stereocenters. The molecule has 0 radical (unpaired) electrons. The van der Waals surface area contributed by atoms with Crippen molar-refractivity contribution in [2.24, 2.45) is 0 Å². The second kappa shape index (κ2) is 8.02. The summed E-state index contributed by atoms with van der Waals surface area (Å²) in [5, 5.41) is 8.11. The van der Waals surface area contributed by atoms with Gasteiger partial charge in [-0.2, -0.15) is 9.67 Å². The summed E-state index contributed by atoms with van der Waals surface area (Å²) in [7, 11) is 0. The summed E-state index contributed by atoms with van der Waals surface area (Å²) in [6.07, 6.45) is 3.32. The molecule has 138 valence electrons. The van der Waals surface area contributed by atoms with Gasteiger partial charge in [0.25, 0.3) is 5.91 Å². The fraction of sp³-hybridized carbons (Fsp3) is 0.0476. The van der Waals surface area contributed by atoms with Gasteiger partial charge in [0.1, 0.15) is 0 Å². The van der Waals surface area contributed by atoms with E-state index in [9.17, 15) is 4.79 Å². The van der Waals surface area contributed by atoms with Crippen molar-refractivity contribution in [3.05, 3.63) is 95.3 Å². The van der Waals surface area contributed by atoms with Crippen molar-refractivity contribution in [3.63, 3.8) is 0 Å². The van der Waals surface area contributed by atoms with E-state index in [-0.39, 0.29) is 5.91 Å². The van der Waals surface area contributed by atoms with Crippen LogP contribution in [0.2, 0.25) is 5.02 Å². The summed E-state index contributed by atoms with van der Waals surface area (Å²) in [6, 6.07) is 20.2. The fourth-order valence-electron chi connectivity index (χ4n) is 2.71. The highest BCUT2D eigenvalue weighted by Crippen LogP contribution is 2.20. The van der Waals surface area contributed by atoms with Crippen LogP contribution in [-0.4, -0.2) is 25.7 Å². The van der Waals surface area contributed by atoms with Crippen LogP contribution in [-0.2, 0) is 6.54 Å². The molecule has 0 aliphatic heterocycles. The Labute approximate surface area is 166 Å². The molecule has 2 heterocycles. The lowest BCUT2D eigenvalue weighted by Crippen LogP contribution is -2.17. The number of benzene rings is 2. The van der Waals surface area contributed by atoms with Crippen LogP contribution in [0.5, 0.6) is 0 Å². The maximum Gasteiger partial charge on any atom is 0.281 e. The Kier molecular flexibility index (Phi) is 5.12. The van der Waals surface area contributed by atoms with Crippen molar-refractivity contribution in [1.29, 1.82) is 0 Å². The molecular weight excluding hydrogens is 374 g/mol. The van der Waals surface area contributed by atoms with Crippen molar-refractivity contribution in [2.45, 2.75) is 6.54 Å². The number of nitrogens with zero attached hydrogens (tertiary/aromatic N) is 4. The van der Waals surface area contributed by atoms with E-state index in [2.05, 4.69) is 20.4 Å². The Balaban J connectivity index is 1.70. The molecule has 0 aliphatic rings. The molecule has 2 aromatic heterocycles. The molecule has 6 nitrogen and oxygen atoms in total. The van der Waals surface area contributed by atoms with E-state index in [1.807, 2.05) is 30.3 Å². The van der Waals surface area contributed by atoms with Gasteiger partial charge >= 0.3 is 0 Å². The average molecular weight is 390 g/mol. The van der Waals surface area contributed by atoms with Crippen LogP contribution < -0.4 is 5.32 Å². The highest BCUT2D eigenvalue weighted by molar-refractivity contribution is 6.31. The molecule has 7 heteroatoms. The summed E-state index contributed by atoms with van der Waals surface area (Å²) in [5.41, 5.74) is 2.27. The zero-order valence-corrected chi connectivity index (χ0v) is 15.5. The predicted molar refractivity (Wildman–Crippen MR) is 108 cm³/mol. The number of hydrogen-bond donors (Lipinski definition) is 1. The Morgan fingerprint density at radius 1 is 1.00 bits per heavy atom. The zero-order valence-electron chi connectivity index (χ0n) is 14.8. The maximum absolute atomic E-state index is 13.0. The third kappa shape index (κ3) is 3.92. The van der Waals surface area contributed by atoms with Gasteiger partial charge in [-0.15, -0.1) is 5.10 Å². The summed E-state index contributed by atoms with van der Waals surface area (Å²) in [4.78, 5) is 21.6. The Bertz CT molecular complexity index is 1100. The first-order valence-corrected chi connectivity index (χ1v) is 9.04. The van der Waals surface area contributed by atoms with Gasteiger partial charge in [-0.1, -0.05) is 48.0 Å². The molecule has 0 aliphatic carbocycles. The van der Waals surface area contributed by atoms with E-state index in [4.69, 9.17) is 11.6 Å². The molecule has 0 saturated carbocycles. The molecule has 4 aromatic rings. The number of pyridine rings is 1. The number of aromatic nitrogens is 4. The van der Waals surface area contributed by atoms with Gasteiger partial charge in [0, 0.05) is 35.1 Å². The van der Waals surface area contributed by atoms with Crippen LogP contribution in [0.15, 0.2) is 79.1 Å². The van der Waals surface area contributed by atoms with Crippen LogP contribution in [0.4, 0.5) is 5.95 Å². The Morgan fingerprint density at radius 2 is 1.79 bits per heavy atom. The van der Waals surface area contributed by atoms with Crippen molar-refractivity contribution >= 4 is 23.5 Å². The lowest BCUT2D eigenvalue weighted by atomic mass is 10.2. The lowest BCUT2D eigenvalue weighted by Gasteiger charge is -2.07. The number of nitrogens with one attached hydrogen (secondary N) is 1. The summed E-state index contributed by atoms with van der Waals surface area (Å²) >= 11 is 6.04. The Hall–Kier alpha value is -3.51. The summed E-state index contributed by atoms with van der Waals surface area (Å²) in [6.45, 7) is 0.512. The molecule has 0 unspecified atom stereocenters. The molecule has 0 spiro atoms. The van der Waals surface area contributed by atoms with Gasteiger partial charge in [-0.25, -0.2) is 0 Å². The summed E-state index contributed by atoms with van der Waals surface area (Å²) < 4.78 is 1.27. The smallest absolute Gasteiger partial charge is 0.281 e. The zero-order chi connectivity index (χ0) is 19.3. The van der Waals surface area contributed by atoms with E-state index in [1.165, 1.54) is 4.68 Å². The average Bonchev–Trinajstić information content (AvgIpc) is 3.17. The van der Waals surface area contributed by atoms with Gasteiger partial charge in [-0.3, -0.25) is 9.78 Å².